The molecule has 0 heterocycles. The lowest BCUT2D eigenvalue weighted by molar-refractivity contribution is 0.291. The number of ether oxygens (including phenoxy) is 2. The summed E-state index contributed by atoms with van der Waals surface area (Å²) in [4.78, 5) is 0. The van der Waals surface area contributed by atoms with Gasteiger partial charge in [0.05, 0.1) is 20.3 Å². The van der Waals surface area contributed by atoms with Crippen LogP contribution in [0, 0.1) is 0 Å². The number of hydrogen-bond acceptors (Lipinski definition) is 4. The smallest absolute Gasteiger partial charge is 0.161 e. The van der Waals surface area contributed by atoms with Gasteiger partial charge in [-0.2, -0.15) is 0 Å². The van der Waals surface area contributed by atoms with E-state index in [2.05, 4.69) is 21.2 Å². The summed E-state index contributed by atoms with van der Waals surface area (Å²) in [6.07, 6.45) is 0. The number of benzene rings is 1. The standard InChI is InChI=1S/C12H18BrNO3.ClH/c1-3-17-12-6-9(8-14-4-5-15)10(13)7-11(12)16-2;/h6-7,14-15H,3-5,8H2,1-2H3;1H. The van der Waals surface area contributed by atoms with Crippen molar-refractivity contribution < 1.29 is 14.6 Å². The van der Waals surface area contributed by atoms with Crippen molar-refractivity contribution in [1.82, 2.24) is 5.32 Å². The molecule has 4 nitrogen and oxygen atoms in total. The maximum Gasteiger partial charge on any atom is 0.161 e. The predicted molar refractivity (Wildman–Crippen MR) is 77.9 cm³/mol. The number of nitrogens with one attached hydrogen (secondary N) is 1. The van der Waals surface area contributed by atoms with Gasteiger partial charge in [-0.15, -0.1) is 12.4 Å². The number of halogens is 2. The third-order valence-electron chi connectivity index (χ3n) is 2.24. The molecule has 6 heteroatoms. The third kappa shape index (κ3) is 5.02. The molecule has 1 rings (SSSR count). The van der Waals surface area contributed by atoms with Gasteiger partial charge in [0.15, 0.2) is 11.5 Å². The van der Waals surface area contributed by atoms with Gasteiger partial charge < -0.3 is 19.9 Å². The summed E-state index contributed by atoms with van der Waals surface area (Å²) < 4.78 is 11.7. The lowest BCUT2D eigenvalue weighted by atomic mass is 10.2. The summed E-state index contributed by atoms with van der Waals surface area (Å²) in [5, 5.41) is 11.8. The minimum atomic E-state index is 0. The zero-order valence-corrected chi connectivity index (χ0v) is 12.9. The maximum absolute atomic E-state index is 8.72. The van der Waals surface area contributed by atoms with Crippen LogP contribution in [0.3, 0.4) is 0 Å². The fourth-order valence-corrected chi connectivity index (χ4v) is 1.91. The summed E-state index contributed by atoms with van der Waals surface area (Å²) in [5.74, 6) is 1.45. The van der Waals surface area contributed by atoms with Crippen molar-refractivity contribution in [2.75, 3.05) is 26.9 Å². The fraction of sp³-hybridized carbons (Fsp3) is 0.500. The Bertz CT molecular complexity index is 363. The largest absolute Gasteiger partial charge is 0.493 e. The first-order chi connectivity index (χ1) is 8.22. The van der Waals surface area contributed by atoms with Crippen molar-refractivity contribution >= 4 is 28.3 Å². The third-order valence-corrected chi connectivity index (χ3v) is 2.97. The van der Waals surface area contributed by atoms with Crippen molar-refractivity contribution in [2.24, 2.45) is 0 Å². The Morgan fingerprint density at radius 1 is 1.33 bits per heavy atom. The minimum absolute atomic E-state index is 0. The molecule has 0 bridgehead atoms. The van der Waals surface area contributed by atoms with E-state index >= 15 is 0 Å². The van der Waals surface area contributed by atoms with E-state index in [1.165, 1.54) is 0 Å². The summed E-state index contributed by atoms with van der Waals surface area (Å²) in [6, 6.07) is 3.83. The molecule has 0 spiro atoms. The molecule has 1 aromatic rings. The van der Waals surface area contributed by atoms with E-state index in [4.69, 9.17) is 14.6 Å². The average Bonchev–Trinajstić information content (AvgIpc) is 2.33. The highest BCUT2D eigenvalue weighted by Gasteiger charge is 2.09. The molecule has 104 valence electrons. The molecule has 18 heavy (non-hydrogen) atoms. The molecule has 0 aliphatic heterocycles. The van der Waals surface area contributed by atoms with Crippen LogP contribution in [0.15, 0.2) is 16.6 Å². The molecule has 0 amide bonds. The summed E-state index contributed by atoms with van der Waals surface area (Å²) in [6.45, 7) is 3.91. The Labute approximate surface area is 122 Å². The fourth-order valence-electron chi connectivity index (χ4n) is 1.44. The van der Waals surface area contributed by atoms with Crippen LogP contribution in [0.2, 0.25) is 0 Å². The lowest BCUT2D eigenvalue weighted by Gasteiger charge is -2.13. The van der Waals surface area contributed by atoms with Gasteiger partial charge in [-0.1, -0.05) is 15.9 Å². The highest BCUT2D eigenvalue weighted by Crippen LogP contribution is 2.33. The first kappa shape index (κ1) is 17.5. The maximum atomic E-state index is 8.72. The Balaban J connectivity index is 0.00000289. The normalized spacial score (nSPS) is 9.78. The van der Waals surface area contributed by atoms with Crippen LogP contribution >= 0.6 is 28.3 Å². The average molecular weight is 341 g/mol. The Kier molecular flexibility index (Phi) is 9.18. The molecule has 0 unspecified atom stereocenters. The second-order valence-corrected chi connectivity index (χ2v) is 4.28. The molecule has 2 N–H and O–H groups in total. The van der Waals surface area contributed by atoms with Gasteiger partial charge >= 0.3 is 0 Å². The molecule has 0 saturated carbocycles. The molecule has 0 saturated heterocycles. The number of methoxy groups -OCH3 is 1. The van der Waals surface area contributed by atoms with E-state index in [1.54, 1.807) is 7.11 Å². The second kappa shape index (κ2) is 9.44. The van der Waals surface area contributed by atoms with Crippen LogP contribution in [-0.2, 0) is 6.54 Å². The van der Waals surface area contributed by atoms with Crippen LogP contribution in [0.1, 0.15) is 12.5 Å². The number of hydrogen-bond donors (Lipinski definition) is 2. The van der Waals surface area contributed by atoms with E-state index in [0.717, 1.165) is 15.8 Å². The van der Waals surface area contributed by atoms with Gasteiger partial charge in [0.2, 0.25) is 0 Å². The summed E-state index contributed by atoms with van der Waals surface area (Å²) in [7, 11) is 1.62. The molecular weight excluding hydrogens is 321 g/mol. The van der Waals surface area contributed by atoms with E-state index in [1.807, 2.05) is 19.1 Å². The monoisotopic (exact) mass is 339 g/mol. The molecule has 0 aromatic heterocycles. The molecule has 0 fully saturated rings. The van der Waals surface area contributed by atoms with Gasteiger partial charge in [0, 0.05) is 17.6 Å². The van der Waals surface area contributed by atoms with Crippen molar-refractivity contribution in [3.8, 4) is 11.5 Å². The molecular formula is C12H19BrClNO3. The van der Waals surface area contributed by atoms with Crippen LogP contribution in [-0.4, -0.2) is 32.0 Å². The quantitative estimate of drug-likeness (QED) is 0.748. The van der Waals surface area contributed by atoms with Crippen LogP contribution in [0.4, 0.5) is 0 Å². The highest BCUT2D eigenvalue weighted by molar-refractivity contribution is 9.10. The second-order valence-electron chi connectivity index (χ2n) is 3.43. The van der Waals surface area contributed by atoms with Gasteiger partial charge in [-0.05, 0) is 24.6 Å². The number of rotatable bonds is 7. The molecule has 1 aromatic carbocycles. The van der Waals surface area contributed by atoms with Crippen molar-refractivity contribution in [3.05, 3.63) is 22.2 Å². The van der Waals surface area contributed by atoms with E-state index < -0.39 is 0 Å². The van der Waals surface area contributed by atoms with Crippen LogP contribution < -0.4 is 14.8 Å². The number of aliphatic hydroxyl groups is 1. The van der Waals surface area contributed by atoms with Gasteiger partial charge in [0.1, 0.15) is 0 Å². The summed E-state index contributed by atoms with van der Waals surface area (Å²) in [5.41, 5.74) is 1.07. The van der Waals surface area contributed by atoms with E-state index in [0.29, 0.717) is 25.4 Å². The van der Waals surface area contributed by atoms with E-state index in [9.17, 15) is 0 Å². The minimum Gasteiger partial charge on any atom is -0.493 e. The zero-order chi connectivity index (χ0) is 12.7. The Morgan fingerprint density at radius 3 is 2.61 bits per heavy atom. The molecule has 0 aliphatic rings. The van der Waals surface area contributed by atoms with Crippen molar-refractivity contribution in [1.29, 1.82) is 0 Å². The zero-order valence-electron chi connectivity index (χ0n) is 10.5. The Hall–Kier alpha value is -0.490. The molecule has 0 radical (unpaired) electrons. The number of aliphatic hydroxyl groups excluding tert-OH is 1. The summed E-state index contributed by atoms with van der Waals surface area (Å²) >= 11 is 3.49. The van der Waals surface area contributed by atoms with Crippen LogP contribution in [0.25, 0.3) is 0 Å². The van der Waals surface area contributed by atoms with Crippen molar-refractivity contribution in [3.63, 3.8) is 0 Å². The topological polar surface area (TPSA) is 50.7 Å². The van der Waals surface area contributed by atoms with Crippen LogP contribution in [0.5, 0.6) is 11.5 Å². The first-order valence-electron chi connectivity index (χ1n) is 5.53. The Morgan fingerprint density at radius 2 is 2.06 bits per heavy atom. The van der Waals surface area contributed by atoms with Gasteiger partial charge in [-0.3, -0.25) is 0 Å². The predicted octanol–water partition coefficient (Wildman–Crippen LogP) is 2.36. The SMILES string of the molecule is CCOc1cc(CNCCO)c(Br)cc1OC.Cl. The van der Waals surface area contributed by atoms with E-state index in [-0.39, 0.29) is 19.0 Å². The van der Waals surface area contributed by atoms with Gasteiger partial charge in [-0.25, -0.2) is 0 Å². The highest BCUT2D eigenvalue weighted by atomic mass is 79.9. The lowest BCUT2D eigenvalue weighted by Crippen LogP contribution is -2.17. The molecule has 0 atom stereocenters. The van der Waals surface area contributed by atoms with Crippen molar-refractivity contribution in [2.45, 2.75) is 13.5 Å². The molecule has 0 aliphatic carbocycles. The van der Waals surface area contributed by atoms with Gasteiger partial charge in [0.25, 0.3) is 0 Å². The first-order valence-corrected chi connectivity index (χ1v) is 6.33.